The van der Waals surface area contributed by atoms with Gasteiger partial charge in [-0.25, -0.2) is 13.7 Å². The van der Waals surface area contributed by atoms with Crippen molar-refractivity contribution >= 4 is 49.3 Å². The van der Waals surface area contributed by atoms with Crippen LogP contribution in [0.15, 0.2) is 304 Å². The fourth-order valence-electron chi connectivity index (χ4n) is 13.2. The average molecular weight is 1580 g/mol. The number of fused-ring (bicyclic) bond motifs is 8. The van der Waals surface area contributed by atoms with Gasteiger partial charge in [0, 0.05) is 39.4 Å². The number of para-hydroxylation sites is 6. The second kappa shape index (κ2) is 51.7. The van der Waals surface area contributed by atoms with Crippen LogP contribution in [-0.2, 0) is 28.2 Å². The average Bonchev–Trinajstić information content (AvgIpc) is 1.53. The van der Waals surface area contributed by atoms with E-state index in [-0.39, 0.29) is 0 Å². The highest BCUT2D eigenvalue weighted by atomic mass is 15.2. The van der Waals surface area contributed by atoms with E-state index in [0.717, 1.165) is 23.7 Å². The van der Waals surface area contributed by atoms with Crippen molar-refractivity contribution in [1.29, 1.82) is 0 Å². The maximum atomic E-state index is 2.40. The summed E-state index contributed by atoms with van der Waals surface area (Å²) in [7, 11) is 8.52. The Hall–Kier alpha value is -11.3. The molecule has 0 spiro atoms. The Kier molecular flexibility index (Phi) is 43.4. The van der Waals surface area contributed by atoms with Crippen LogP contribution in [0.4, 0.5) is 0 Å². The molecule has 0 aliphatic rings. The van der Waals surface area contributed by atoms with Crippen LogP contribution in [0, 0.1) is 72.1 Å². The Bertz CT molecular complexity index is 5510. The Labute approximate surface area is 714 Å². The molecule has 7 heteroatoms. The van der Waals surface area contributed by atoms with Gasteiger partial charge in [-0.3, -0.25) is 0 Å². The maximum absolute atomic E-state index is 2.40. The van der Waals surface area contributed by atoms with Crippen LogP contribution in [0.25, 0.3) is 106 Å². The van der Waals surface area contributed by atoms with Crippen molar-refractivity contribution < 1.29 is 18.3 Å². The number of hydrogen-bond acceptors (Lipinski definition) is 0. The standard InChI is InChI=1S/C23H19N2.C21H19N2.C19H20N.C17H17N2.C7H8.4C4H10.4C2H6/c1-16-9-8-13-19-18-12-6-7-14-20(18)25-21(17-10-4-3-5-11-17)15-24(2)23(25)22(16)19;1-16-10-6-7-13-18(16)21-22(2)19-14-8-9-15-20(19)23(21)17-11-4-3-5-12-17;1-13-11-14(2)15(3)17(12-13)19-10-9-16-7-5-6-8-18(16)20(19)4;1-14-8-6-7-11-16(14)17-18(2)12-13-19(17)15-9-4-3-5-10-15;1-7-5-3-2-4-6-7;4*1-4(2)3;4*1-2/h3-15H,1-2H3;3-15H,1-2H3;5-12H,1-4H3;3-13H,1-2H3;2-6H,1H3;4*4H,1-3H3;4*1-2H3/q4*+1;;;;;;;;;. The molecule has 5 aromatic heterocycles. The van der Waals surface area contributed by atoms with Gasteiger partial charge in [0.1, 0.15) is 42.5 Å². The molecule has 0 N–H and O–H groups in total. The first-order chi connectivity index (χ1) is 56.7. The van der Waals surface area contributed by atoms with Gasteiger partial charge in [0.25, 0.3) is 17.3 Å². The van der Waals surface area contributed by atoms with E-state index in [9.17, 15) is 0 Å². The summed E-state index contributed by atoms with van der Waals surface area (Å²) < 4.78 is 16.0. The summed E-state index contributed by atoms with van der Waals surface area (Å²) in [6, 6.07) is 100. The number of pyridine rings is 2. The number of nitrogens with zero attached hydrogens (tertiary/aromatic N) is 7. The van der Waals surface area contributed by atoms with E-state index in [1.165, 1.54) is 145 Å². The van der Waals surface area contributed by atoms with Crippen molar-refractivity contribution in [1.82, 2.24) is 13.5 Å². The predicted octanol–water partition coefficient (Wildman–Crippen LogP) is 29.8. The zero-order chi connectivity index (χ0) is 87.7. The van der Waals surface area contributed by atoms with Gasteiger partial charge in [0.15, 0.2) is 16.7 Å². The SMILES string of the molecule is CC.CC.CC.CC.CC(C)C.CC(C)C.CC(C)C.CC(C)C.Cc1cc(C)c(C)c(-c2ccc3ccccc3[n+]2C)c1.Cc1cccc2c3ccccc3n3c(-c4ccccc4)c[n+](C)c3c12.Cc1ccccc1.Cc1ccccc1-c1n(-c2ccccc2)c2ccccc2[n+]1C.Cc1ccccc1-c1n(-c2ccccc2)cc[n+]1C. The molecule has 0 radical (unpaired) electrons. The molecule has 5 heterocycles. The Balaban J connectivity index is 0.000000296. The lowest BCUT2D eigenvalue weighted by molar-refractivity contribution is -0.659. The zero-order valence-electron chi connectivity index (χ0n) is 78.3. The second-order valence-electron chi connectivity index (χ2n) is 31.4. The lowest BCUT2D eigenvalue weighted by Crippen LogP contribution is -2.32. The molecule has 7 nitrogen and oxygen atoms in total. The molecule has 0 unspecified atom stereocenters. The number of imidazole rings is 3. The van der Waals surface area contributed by atoms with Crippen molar-refractivity contribution in [2.24, 2.45) is 51.9 Å². The van der Waals surface area contributed by atoms with Crippen LogP contribution in [0.5, 0.6) is 0 Å². The van der Waals surface area contributed by atoms with Gasteiger partial charge in [0.05, 0.1) is 37.7 Å². The molecule has 118 heavy (non-hydrogen) atoms. The van der Waals surface area contributed by atoms with E-state index in [1.807, 2.05) is 79.7 Å². The first-order valence-electron chi connectivity index (χ1n) is 43.3. The smallest absolute Gasteiger partial charge is 0.232 e. The molecule has 16 rings (SSSR count). The van der Waals surface area contributed by atoms with E-state index < -0.39 is 0 Å². The van der Waals surface area contributed by atoms with Crippen molar-refractivity contribution in [2.75, 3.05) is 0 Å². The van der Waals surface area contributed by atoms with Crippen LogP contribution >= 0.6 is 0 Å². The van der Waals surface area contributed by atoms with Crippen molar-refractivity contribution in [3.63, 3.8) is 0 Å². The predicted molar refractivity (Wildman–Crippen MR) is 519 cm³/mol. The third kappa shape index (κ3) is 28.2. The van der Waals surface area contributed by atoms with Crippen LogP contribution in [0.2, 0.25) is 0 Å². The highest BCUT2D eigenvalue weighted by molar-refractivity contribution is 6.12. The van der Waals surface area contributed by atoms with Crippen LogP contribution < -0.4 is 18.3 Å². The van der Waals surface area contributed by atoms with Crippen molar-refractivity contribution in [2.45, 2.75) is 187 Å². The molecule has 16 aromatic rings. The molecule has 0 saturated carbocycles. The third-order valence-corrected chi connectivity index (χ3v) is 18.0. The quantitative estimate of drug-likeness (QED) is 0.117. The van der Waals surface area contributed by atoms with Crippen LogP contribution in [-0.4, -0.2) is 13.5 Å². The molecule has 11 aromatic carbocycles. The van der Waals surface area contributed by atoms with Gasteiger partial charge < -0.3 is 0 Å². The number of rotatable bonds is 6. The Morgan fingerprint density at radius 3 is 1.25 bits per heavy atom. The molecule has 0 aliphatic heterocycles. The minimum atomic E-state index is 0.833. The summed E-state index contributed by atoms with van der Waals surface area (Å²) in [5.41, 5.74) is 25.4. The number of aryl methyl sites for hydroxylation is 10. The normalized spacial score (nSPS) is 10.1. The third-order valence-electron chi connectivity index (χ3n) is 18.0. The zero-order valence-corrected chi connectivity index (χ0v) is 78.3. The maximum Gasteiger partial charge on any atom is 0.295 e. The van der Waals surface area contributed by atoms with Gasteiger partial charge in [-0.05, 0) is 173 Å². The van der Waals surface area contributed by atoms with E-state index in [4.69, 9.17) is 0 Å². The van der Waals surface area contributed by atoms with E-state index in [2.05, 4.69) is 471 Å². The summed E-state index contributed by atoms with van der Waals surface area (Å²) in [4.78, 5) is 0. The Morgan fingerprint density at radius 1 is 0.314 bits per heavy atom. The van der Waals surface area contributed by atoms with Gasteiger partial charge in [0.2, 0.25) is 11.2 Å². The lowest BCUT2D eigenvalue weighted by Gasteiger charge is -2.10. The van der Waals surface area contributed by atoms with Gasteiger partial charge >= 0.3 is 0 Å². The molecule has 0 amide bonds. The van der Waals surface area contributed by atoms with Crippen LogP contribution in [0.1, 0.15) is 177 Å². The molecular formula is C111H147N7+4. The van der Waals surface area contributed by atoms with Gasteiger partial charge in [-0.15, -0.1) is 0 Å². The minimum Gasteiger partial charge on any atom is -0.232 e. The second-order valence-corrected chi connectivity index (χ2v) is 31.4. The lowest BCUT2D eigenvalue weighted by atomic mass is 9.97. The molecule has 0 fully saturated rings. The van der Waals surface area contributed by atoms with E-state index >= 15 is 0 Å². The van der Waals surface area contributed by atoms with Crippen molar-refractivity contribution in [3.8, 4) is 56.7 Å². The fraction of sp³-hybridized carbons (Fsp3) is 0.315. The first kappa shape index (κ1) is 99.1. The van der Waals surface area contributed by atoms with Gasteiger partial charge in [-0.2, -0.15) is 18.1 Å². The highest BCUT2D eigenvalue weighted by Gasteiger charge is 2.28. The summed E-state index contributed by atoms with van der Waals surface area (Å²) in [5, 5.41) is 5.21. The Morgan fingerprint density at radius 2 is 0.737 bits per heavy atom. The molecule has 0 aliphatic carbocycles. The van der Waals surface area contributed by atoms with Crippen molar-refractivity contribution in [3.05, 3.63) is 343 Å². The largest absolute Gasteiger partial charge is 0.295 e. The summed E-state index contributed by atoms with van der Waals surface area (Å²) in [6.07, 6.45) is 6.44. The van der Waals surface area contributed by atoms with Crippen LogP contribution in [0.3, 0.4) is 0 Å². The van der Waals surface area contributed by atoms with E-state index in [1.54, 1.807) is 0 Å². The summed E-state index contributed by atoms with van der Waals surface area (Å²) in [6.45, 7) is 57.2. The summed E-state index contributed by atoms with van der Waals surface area (Å²) >= 11 is 0. The molecule has 622 valence electrons. The van der Waals surface area contributed by atoms with E-state index in [0.29, 0.717) is 0 Å². The number of benzene rings is 11. The number of hydrogen-bond donors (Lipinski definition) is 0. The number of aromatic nitrogens is 7. The molecule has 0 saturated heterocycles. The minimum absolute atomic E-state index is 0.833. The first-order valence-corrected chi connectivity index (χ1v) is 43.3. The fourth-order valence-corrected chi connectivity index (χ4v) is 13.2. The molecular weight excluding hydrogens is 1430 g/mol. The highest BCUT2D eigenvalue weighted by Crippen LogP contribution is 2.35. The summed E-state index contributed by atoms with van der Waals surface area (Å²) in [5.74, 6) is 5.74. The molecule has 0 bridgehead atoms. The topological polar surface area (TPSA) is 29.8 Å². The molecule has 0 atom stereocenters. The monoisotopic (exact) mass is 1580 g/mol. The van der Waals surface area contributed by atoms with Gasteiger partial charge in [-0.1, -0.05) is 350 Å².